The Kier molecular flexibility index (Phi) is 6.09. The maximum absolute atomic E-state index is 6.61. The van der Waals surface area contributed by atoms with E-state index in [0.29, 0.717) is 11.4 Å². The van der Waals surface area contributed by atoms with E-state index in [1.54, 1.807) is 22.7 Å². The van der Waals surface area contributed by atoms with Gasteiger partial charge >= 0.3 is 0 Å². The summed E-state index contributed by atoms with van der Waals surface area (Å²) in [5.41, 5.74) is 9.93. The highest BCUT2D eigenvalue weighted by Gasteiger charge is 2.17. The van der Waals surface area contributed by atoms with Crippen molar-refractivity contribution in [3.8, 4) is 40.4 Å². The van der Waals surface area contributed by atoms with Crippen LogP contribution in [-0.4, -0.2) is 0 Å². The average Bonchev–Trinajstić information content (AvgIpc) is 3.59. The Bertz CT molecular complexity index is 1420. The fourth-order valence-corrected chi connectivity index (χ4v) is 7.89. The highest BCUT2D eigenvalue weighted by atomic mass is 32.1. The number of nitrogen functional groups attached to an aromatic ring is 1. The van der Waals surface area contributed by atoms with Crippen molar-refractivity contribution in [2.75, 3.05) is 5.73 Å². The highest BCUT2D eigenvalue weighted by molar-refractivity contribution is 7.47. The van der Waals surface area contributed by atoms with Crippen molar-refractivity contribution in [2.24, 2.45) is 4.36 Å². The molecule has 2 N–H and O–H groups in total. The van der Waals surface area contributed by atoms with Crippen LogP contribution in [0.2, 0.25) is 0 Å². The van der Waals surface area contributed by atoms with Crippen molar-refractivity contribution in [3.63, 3.8) is 0 Å². The molecule has 0 aliphatic heterocycles. The molecule has 0 fully saturated rings. The number of nitrogens with zero attached hydrogens (tertiary/aromatic N) is 1. The number of anilines is 1. The molecule has 0 atom stereocenters. The third kappa shape index (κ3) is 4.00. The molecule has 2 nitrogen and oxygen atoms in total. The van der Waals surface area contributed by atoms with Gasteiger partial charge in [-0.3, -0.25) is 0 Å². The van der Waals surface area contributed by atoms with Gasteiger partial charge in [0.1, 0.15) is 5.69 Å². The molecule has 0 unspecified atom stereocenters. The third-order valence-corrected chi connectivity index (χ3v) is 10.3. The number of aryl methyl sites for hydroxylation is 2. The van der Waals surface area contributed by atoms with E-state index in [9.17, 15) is 0 Å². The summed E-state index contributed by atoms with van der Waals surface area (Å²) >= 11 is 12.3. The summed E-state index contributed by atoms with van der Waals surface area (Å²) < 4.78 is 4.17. The second-order valence-corrected chi connectivity index (χ2v) is 12.2. The van der Waals surface area contributed by atoms with Crippen LogP contribution < -0.4 is 5.73 Å². The Morgan fingerprint density at radius 3 is 1.81 bits per heavy atom. The molecule has 5 aromatic rings. The van der Waals surface area contributed by atoms with Gasteiger partial charge in [-0.25, -0.2) is 0 Å². The van der Waals surface area contributed by atoms with Crippen molar-refractivity contribution in [1.82, 2.24) is 0 Å². The van der Waals surface area contributed by atoms with Gasteiger partial charge in [0.2, 0.25) is 0 Å². The number of benzene rings is 1. The van der Waals surface area contributed by atoms with E-state index in [-0.39, 0.29) is 0 Å². The molecule has 4 aromatic heterocycles. The molecule has 4 heterocycles. The summed E-state index contributed by atoms with van der Waals surface area (Å²) in [7, 11) is 0. The van der Waals surface area contributed by atoms with Gasteiger partial charge in [-0.15, -0.1) is 45.3 Å². The fourth-order valence-electron chi connectivity index (χ4n) is 3.62. The van der Waals surface area contributed by atoms with Crippen molar-refractivity contribution >= 4 is 69.1 Å². The minimum atomic E-state index is 0.647. The Hall–Kier alpha value is -2.16. The average molecular weight is 509 g/mol. The lowest BCUT2D eigenvalue weighted by atomic mass is 10.0. The van der Waals surface area contributed by atoms with Gasteiger partial charge < -0.3 is 5.73 Å². The maximum atomic E-state index is 6.61. The Morgan fingerprint density at radius 1 is 0.688 bits per heavy atom. The summed E-state index contributed by atoms with van der Waals surface area (Å²) in [6.07, 6.45) is 1.07. The lowest BCUT2D eigenvalue weighted by Gasteiger charge is -2.10. The standard InChI is InChI=1S/C25H20N2S5/c1-3-15-5-9-21(30-15)23-12-10-18(31-23)16-6-7-17(25(27-28)24(16)26)19-11-13-22(32-19)20-8-4-14(2)29-20/h4-13H,3,26H2,1-2H3. The zero-order chi connectivity index (χ0) is 22.2. The van der Waals surface area contributed by atoms with E-state index < -0.39 is 0 Å². The summed E-state index contributed by atoms with van der Waals surface area (Å²) in [6.45, 7) is 4.32. The van der Waals surface area contributed by atoms with E-state index in [1.165, 1.54) is 29.3 Å². The summed E-state index contributed by atoms with van der Waals surface area (Å²) in [6, 6.07) is 21.6. The van der Waals surface area contributed by atoms with Gasteiger partial charge in [-0.1, -0.05) is 19.1 Å². The summed E-state index contributed by atoms with van der Waals surface area (Å²) in [4.78, 5) is 10.1. The lowest BCUT2D eigenvalue weighted by Crippen LogP contribution is -1.91. The molecular formula is C25H20N2S5. The number of nitrogens with two attached hydrogens (primary N) is 1. The van der Waals surface area contributed by atoms with E-state index in [4.69, 9.17) is 18.2 Å². The van der Waals surface area contributed by atoms with Crippen LogP contribution >= 0.6 is 45.3 Å². The van der Waals surface area contributed by atoms with Crippen LogP contribution in [0.4, 0.5) is 11.4 Å². The van der Waals surface area contributed by atoms with Crippen LogP contribution in [0.25, 0.3) is 40.4 Å². The lowest BCUT2D eigenvalue weighted by molar-refractivity contribution is 1.19. The Morgan fingerprint density at radius 2 is 1.22 bits per heavy atom. The van der Waals surface area contributed by atoms with Crippen LogP contribution in [0, 0.1) is 6.92 Å². The molecule has 0 saturated heterocycles. The molecular weight excluding hydrogens is 489 g/mol. The zero-order valence-corrected chi connectivity index (χ0v) is 21.6. The molecule has 0 aliphatic carbocycles. The fraction of sp³-hybridized carbons (Fsp3) is 0.120. The SMILES string of the molecule is CCc1ccc(-c2ccc(-c3ccc(-c4ccc(-c5ccc(C)s5)s4)c(N=S)c3N)s2)s1. The number of thiophene rings is 4. The molecule has 5 rings (SSSR count). The maximum Gasteiger partial charge on any atom is 0.109 e. The molecule has 0 bridgehead atoms. The van der Waals surface area contributed by atoms with Crippen molar-refractivity contribution in [2.45, 2.75) is 20.3 Å². The molecule has 160 valence electrons. The molecule has 0 spiro atoms. The first-order chi connectivity index (χ1) is 15.6. The van der Waals surface area contributed by atoms with Gasteiger partial charge in [-0.2, -0.15) is 4.36 Å². The predicted octanol–water partition coefficient (Wildman–Crippen LogP) is 9.42. The minimum Gasteiger partial charge on any atom is -0.396 e. The molecule has 1 aromatic carbocycles. The quantitative estimate of drug-likeness (QED) is 0.232. The van der Waals surface area contributed by atoms with Gasteiger partial charge in [0.25, 0.3) is 0 Å². The van der Waals surface area contributed by atoms with E-state index in [2.05, 4.69) is 78.9 Å². The molecule has 7 heteroatoms. The molecule has 0 amide bonds. The first-order valence-electron chi connectivity index (χ1n) is 10.2. The van der Waals surface area contributed by atoms with Gasteiger partial charge in [-0.05, 0) is 61.9 Å². The van der Waals surface area contributed by atoms with Crippen LogP contribution in [-0.2, 0) is 18.8 Å². The molecule has 0 aliphatic rings. The van der Waals surface area contributed by atoms with Gasteiger partial charge in [0.15, 0.2) is 0 Å². The van der Waals surface area contributed by atoms with Crippen molar-refractivity contribution in [1.29, 1.82) is 0 Å². The van der Waals surface area contributed by atoms with Gasteiger partial charge in [0, 0.05) is 62.6 Å². The Labute approximate surface area is 209 Å². The topological polar surface area (TPSA) is 38.4 Å². The third-order valence-electron chi connectivity index (χ3n) is 5.29. The van der Waals surface area contributed by atoms with E-state index in [0.717, 1.165) is 27.3 Å². The summed E-state index contributed by atoms with van der Waals surface area (Å²) in [5.74, 6) is 0. The van der Waals surface area contributed by atoms with E-state index in [1.807, 2.05) is 22.7 Å². The van der Waals surface area contributed by atoms with E-state index >= 15 is 0 Å². The monoisotopic (exact) mass is 508 g/mol. The number of hydrogen-bond acceptors (Lipinski definition) is 7. The minimum absolute atomic E-state index is 0.647. The van der Waals surface area contributed by atoms with Gasteiger partial charge in [0.05, 0.1) is 5.69 Å². The van der Waals surface area contributed by atoms with Crippen LogP contribution in [0.1, 0.15) is 16.7 Å². The first kappa shape index (κ1) is 21.7. The predicted molar refractivity (Wildman–Crippen MR) is 148 cm³/mol. The van der Waals surface area contributed by atoms with Crippen molar-refractivity contribution < 1.29 is 0 Å². The number of rotatable bonds is 6. The second-order valence-electron chi connectivity index (χ2n) is 7.37. The Balaban J connectivity index is 1.51. The highest BCUT2D eigenvalue weighted by Crippen LogP contribution is 2.47. The zero-order valence-electron chi connectivity index (χ0n) is 17.5. The van der Waals surface area contributed by atoms with Crippen molar-refractivity contribution in [3.05, 3.63) is 70.4 Å². The van der Waals surface area contributed by atoms with Crippen LogP contribution in [0.3, 0.4) is 0 Å². The largest absolute Gasteiger partial charge is 0.396 e. The second kappa shape index (κ2) is 9.00. The number of hydrogen-bond donors (Lipinski definition) is 1. The normalized spacial score (nSPS) is 11.2. The smallest absolute Gasteiger partial charge is 0.109 e. The molecule has 32 heavy (non-hydrogen) atoms. The molecule has 0 radical (unpaired) electrons. The van der Waals surface area contributed by atoms with Crippen LogP contribution in [0.15, 0.2) is 65.0 Å². The summed E-state index contributed by atoms with van der Waals surface area (Å²) in [5, 5.41) is 0. The first-order valence-corrected chi connectivity index (χ1v) is 13.8. The van der Waals surface area contributed by atoms with Crippen LogP contribution in [0.5, 0.6) is 0 Å². The molecule has 0 saturated carbocycles.